The van der Waals surface area contributed by atoms with Crippen LogP contribution in [0.2, 0.25) is 0 Å². The average Bonchev–Trinajstić information content (AvgIpc) is 3.36. The molecule has 0 saturated carbocycles. The van der Waals surface area contributed by atoms with E-state index in [1.165, 1.54) is 22.9 Å². The van der Waals surface area contributed by atoms with Gasteiger partial charge in [-0.15, -0.1) is 10.6 Å². The summed E-state index contributed by atoms with van der Waals surface area (Å²) in [6, 6.07) is 5.63. The zero-order chi connectivity index (χ0) is 27.0. The van der Waals surface area contributed by atoms with Gasteiger partial charge in [-0.05, 0) is 29.8 Å². The number of alkyl halides is 3. The van der Waals surface area contributed by atoms with Crippen molar-refractivity contribution in [1.82, 2.24) is 31.0 Å². The second kappa shape index (κ2) is 9.66. The van der Waals surface area contributed by atoms with E-state index >= 15 is 0 Å². The third-order valence-corrected chi connectivity index (χ3v) is 5.51. The van der Waals surface area contributed by atoms with Crippen molar-refractivity contribution in [2.45, 2.75) is 19.1 Å². The molecule has 0 spiro atoms. The molecule has 3 heterocycles. The summed E-state index contributed by atoms with van der Waals surface area (Å²) in [6.07, 6.45) is -2.56. The van der Waals surface area contributed by atoms with Gasteiger partial charge in [-0.3, -0.25) is 10.2 Å². The van der Waals surface area contributed by atoms with Crippen molar-refractivity contribution in [3.8, 4) is 11.6 Å². The van der Waals surface area contributed by atoms with Crippen LogP contribution in [0.25, 0.3) is 10.9 Å². The van der Waals surface area contributed by atoms with Gasteiger partial charge in [-0.1, -0.05) is 0 Å². The van der Waals surface area contributed by atoms with Gasteiger partial charge in [0.05, 0.1) is 23.8 Å². The number of hydrazone groups is 1. The number of halogens is 6. The van der Waals surface area contributed by atoms with Crippen LogP contribution < -0.4 is 26.8 Å². The predicted octanol–water partition coefficient (Wildman–Crippen LogP) is 3.54. The summed E-state index contributed by atoms with van der Waals surface area (Å²) in [6.45, 7) is -0.436. The molecule has 0 fully saturated rings. The summed E-state index contributed by atoms with van der Waals surface area (Å²) < 4.78 is 89.5. The van der Waals surface area contributed by atoms with Crippen LogP contribution in [0, 0.1) is 17.5 Å². The number of benzene rings is 2. The van der Waals surface area contributed by atoms with Crippen molar-refractivity contribution in [1.29, 1.82) is 0 Å². The Hall–Kier alpha value is -4.66. The lowest BCUT2D eigenvalue weighted by atomic mass is 10.1. The number of aromatic nitrogens is 3. The molecule has 0 unspecified atom stereocenters. The number of fused-ring (bicyclic) bond motifs is 1. The van der Waals surface area contributed by atoms with Crippen molar-refractivity contribution in [2.24, 2.45) is 5.10 Å². The van der Waals surface area contributed by atoms with Crippen LogP contribution in [0.15, 0.2) is 58.8 Å². The van der Waals surface area contributed by atoms with E-state index in [1.54, 1.807) is 0 Å². The first-order valence-electron chi connectivity index (χ1n) is 10.8. The Morgan fingerprint density at radius 1 is 1.00 bits per heavy atom. The van der Waals surface area contributed by atoms with Gasteiger partial charge in [0.15, 0.2) is 0 Å². The second-order valence-electron chi connectivity index (χ2n) is 8.10. The Bertz CT molecular complexity index is 1610. The monoisotopic (exact) mass is 535 g/mol. The predicted molar refractivity (Wildman–Crippen MR) is 121 cm³/mol. The minimum absolute atomic E-state index is 0.0206. The van der Waals surface area contributed by atoms with E-state index in [9.17, 15) is 31.1 Å². The molecule has 15 heteroatoms. The highest BCUT2D eigenvalue weighted by Crippen LogP contribution is 2.37. The van der Waals surface area contributed by atoms with Crippen LogP contribution in [-0.4, -0.2) is 20.4 Å². The van der Waals surface area contributed by atoms with Gasteiger partial charge in [0.25, 0.3) is 5.56 Å². The molecule has 9 nitrogen and oxygen atoms in total. The number of hydrogen-bond acceptors (Lipinski definition) is 8. The molecule has 0 radical (unpaired) electrons. The largest absolute Gasteiger partial charge is 0.438 e. The minimum atomic E-state index is -4.81. The van der Waals surface area contributed by atoms with Crippen molar-refractivity contribution in [3.63, 3.8) is 0 Å². The minimum Gasteiger partial charge on any atom is -0.438 e. The molecule has 0 amide bonds. The van der Waals surface area contributed by atoms with E-state index in [1.807, 2.05) is 0 Å². The number of hydrogen-bond donors (Lipinski definition) is 3. The van der Waals surface area contributed by atoms with E-state index in [4.69, 9.17) is 4.74 Å². The lowest BCUT2D eigenvalue weighted by molar-refractivity contribution is -0.138. The standard InChI is InChI=1S/C23H15F6N7O2/c24-12-5-17(25)15(18(26)6-12)9-36-10-31-21(37)14-7-13(1-2-19(14)36)38-22-16(23(27,28)29)3-11(8-30-22)4-20-32-34-35-33-20/h1-3,5-8,10,34-35H,4,9H2,(H,32,33). The molecule has 0 atom stereocenters. The number of nitrogens with one attached hydrogen (secondary N) is 3. The van der Waals surface area contributed by atoms with E-state index < -0.39 is 52.7 Å². The topological polar surface area (TPSA) is 105 Å². The zero-order valence-electron chi connectivity index (χ0n) is 18.9. The molecular formula is C23H15F6N7O2. The third kappa shape index (κ3) is 5.08. The van der Waals surface area contributed by atoms with Crippen LogP contribution >= 0.6 is 0 Å². The molecule has 5 rings (SSSR count). The Morgan fingerprint density at radius 3 is 2.45 bits per heavy atom. The first-order valence-corrected chi connectivity index (χ1v) is 10.8. The summed E-state index contributed by atoms with van der Waals surface area (Å²) in [4.78, 5) is 19.9. The van der Waals surface area contributed by atoms with Crippen molar-refractivity contribution < 1.29 is 31.1 Å². The smallest absolute Gasteiger partial charge is 0.421 e. The van der Waals surface area contributed by atoms with E-state index in [2.05, 4.69) is 31.6 Å². The van der Waals surface area contributed by atoms with Gasteiger partial charge >= 0.3 is 6.18 Å². The number of rotatable bonds is 6. The number of pyridine rings is 1. The van der Waals surface area contributed by atoms with Crippen LogP contribution in [0.3, 0.4) is 0 Å². The molecule has 3 N–H and O–H groups in total. The Balaban J connectivity index is 1.48. The Morgan fingerprint density at radius 2 is 1.76 bits per heavy atom. The quantitative estimate of drug-likeness (QED) is 0.325. The maximum absolute atomic E-state index is 14.1. The van der Waals surface area contributed by atoms with Gasteiger partial charge in [0.2, 0.25) is 5.88 Å². The molecule has 4 aromatic rings. The highest BCUT2D eigenvalue weighted by Gasteiger charge is 2.36. The van der Waals surface area contributed by atoms with Crippen molar-refractivity contribution in [2.75, 3.05) is 0 Å². The SMILES string of the molecule is O=c1ncn(Cc2c(F)cc(F)cc2F)c2ccc(Oc3ncc(CC4=NNNN4)cc3C(F)(F)F)cc12. The lowest BCUT2D eigenvalue weighted by Gasteiger charge is -2.15. The molecule has 0 saturated heterocycles. The summed E-state index contributed by atoms with van der Waals surface area (Å²) in [5.74, 6) is -3.93. The molecule has 0 aliphatic carbocycles. The summed E-state index contributed by atoms with van der Waals surface area (Å²) >= 11 is 0. The Kier molecular flexibility index (Phi) is 6.36. The van der Waals surface area contributed by atoms with Gasteiger partial charge in [0.1, 0.15) is 34.6 Å². The number of ether oxygens (including phenoxy) is 1. The van der Waals surface area contributed by atoms with Crippen molar-refractivity contribution >= 4 is 16.7 Å². The fraction of sp³-hybridized carbons (Fsp3) is 0.130. The molecule has 2 aromatic heterocycles. The zero-order valence-corrected chi connectivity index (χ0v) is 18.9. The van der Waals surface area contributed by atoms with E-state index in [0.717, 1.165) is 18.5 Å². The fourth-order valence-corrected chi connectivity index (χ4v) is 3.76. The first-order chi connectivity index (χ1) is 18.1. The highest BCUT2D eigenvalue weighted by molar-refractivity contribution is 5.84. The lowest BCUT2D eigenvalue weighted by Crippen LogP contribution is -2.35. The van der Waals surface area contributed by atoms with Crippen molar-refractivity contribution in [3.05, 3.63) is 93.4 Å². The van der Waals surface area contributed by atoms with Crippen LogP contribution in [-0.2, 0) is 19.1 Å². The molecular weight excluding hydrogens is 520 g/mol. The highest BCUT2D eigenvalue weighted by atomic mass is 19.4. The number of hydrazine groups is 2. The van der Waals surface area contributed by atoms with E-state index in [-0.39, 0.29) is 28.6 Å². The fourth-order valence-electron chi connectivity index (χ4n) is 3.76. The van der Waals surface area contributed by atoms with Crippen LogP contribution in [0.4, 0.5) is 26.3 Å². The molecule has 1 aliphatic heterocycles. The van der Waals surface area contributed by atoms with Gasteiger partial charge < -0.3 is 9.30 Å². The number of amidine groups is 1. The van der Waals surface area contributed by atoms with Gasteiger partial charge in [-0.2, -0.15) is 18.2 Å². The average molecular weight is 535 g/mol. The molecule has 2 aromatic carbocycles. The van der Waals surface area contributed by atoms with Gasteiger partial charge in [-0.25, -0.2) is 23.7 Å². The number of nitrogens with zero attached hydrogens (tertiary/aromatic N) is 4. The van der Waals surface area contributed by atoms with Crippen LogP contribution in [0.1, 0.15) is 16.7 Å². The van der Waals surface area contributed by atoms with Crippen LogP contribution in [0.5, 0.6) is 11.6 Å². The third-order valence-electron chi connectivity index (χ3n) is 5.51. The second-order valence-corrected chi connectivity index (χ2v) is 8.10. The maximum atomic E-state index is 14.1. The first kappa shape index (κ1) is 25.0. The summed E-state index contributed by atoms with van der Waals surface area (Å²) in [5, 5.41) is 3.71. The normalized spacial score (nSPS) is 13.3. The summed E-state index contributed by atoms with van der Waals surface area (Å²) in [7, 11) is 0. The summed E-state index contributed by atoms with van der Waals surface area (Å²) in [5.41, 5.74) is 5.47. The van der Waals surface area contributed by atoms with Gasteiger partial charge in [0, 0.05) is 30.3 Å². The molecule has 38 heavy (non-hydrogen) atoms. The van der Waals surface area contributed by atoms with E-state index in [0.29, 0.717) is 18.0 Å². The molecule has 196 valence electrons. The molecule has 0 bridgehead atoms. The molecule has 1 aliphatic rings. The maximum Gasteiger partial charge on any atom is 0.421 e. The Labute approximate surface area is 208 Å².